The van der Waals surface area contributed by atoms with E-state index in [2.05, 4.69) is 14.8 Å². The van der Waals surface area contributed by atoms with Gasteiger partial charge in [-0.05, 0) is 30.3 Å². The van der Waals surface area contributed by atoms with E-state index in [1.807, 2.05) is 0 Å². The number of amides is 1. The molecule has 0 heterocycles. The number of benzene rings is 2. The van der Waals surface area contributed by atoms with Gasteiger partial charge < -0.3 is 10.1 Å². The Morgan fingerprint density at radius 2 is 1.84 bits per heavy atom. The lowest BCUT2D eigenvalue weighted by Gasteiger charge is -2.09. The molecule has 2 aromatic rings. The molecule has 0 aliphatic heterocycles. The summed E-state index contributed by atoms with van der Waals surface area (Å²) in [4.78, 5) is 23.3. The molecule has 7 nitrogen and oxygen atoms in total. The van der Waals surface area contributed by atoms with E-state index in [9.17, 15) is 18.0 Å². The third-order valence-electron chi connectivity index (χ3n) is 3.12. The van der Waals surface area contributed by atoms with E-state index >= 15 is 0 Å². The Bertz CT molecular complexity index is 899. The van der Waals surface area contributed by atoms with Crippen molar-refractivity contribution < 1.29 is 22.7 Å². The second kappa shape index (κ2) is 8.11. The molecule has 0 spiro atoms. The quantitative estimate of drug-likeness (QED) is 0.744. The number of esters is 1. The Morgan fingerprint density at radius 1 is 1.12 bits per heavy atom. The summed E-state index contributed by atoms with van der Waals surface area (Å²) in [5.74, 6) is -1.15. The van der Waals surface area contributed by atoms with Gasteiger partial charge in [-0.15, -0.1) is 0 Å². The Hall–Kier alpha value is -2.42. The van der Waals surface area contributed by atoms with Gasteiger partial charge in [0, 0.05) is 5.69 Å². The number of carbonyl (C=O) groups is 2. The summed E-state index contributed by atoms with van der Waals surface area (Å²) in [5, 5.41) is 2.55. The van der Waals surface area contributed by atoms with E-state index in [1.54, 1.807) is 18.2 Å². The summed E-state index contributed by atoms with van der Waals surface area (Å²) in [5.41, 5.74) is 0.599. The minimum atomic E-state index is -3.92. The first-order valence-electron chi connectivity index (χ1n) is 7.06. The van der Waals surface area contributed by atoms with Crippen LogP contribution >= 0.6 is 11.6 Å². The molecule has 0 bridgehead atoms. The smallest absolute Gasteiger partial charge is 0.337 e. The van der Waals surface area contributed by atoms with Crippen LogP contribution in [-0.4, -0.2) is 33.9 Å². The van der Waals surface area contributed by atoms with Crippen LogP contribution in [0, 0.1) is 0 Å². The molecule has 0 unspecified atom stereocenters. The van der Waals surface area contributed by atoms with Crippen LogP contribution in [0.5, 0.6) is 0 Å². The fourth-order valence-corrected chi connectivity index (χ4v) is 3.45. The summed E-state index contributed by atoms with van der Waals surface area (Å²) >= 11 is 5.85. The maximum atomic E-state index is 12.2. The summed E-state index contributed by atoms with van der Waals surface area (Å²) in [6.45, 7) is -0.490. The van der Waals surface area contributed by atoms with Crippen molar-refractivity contribution in [1.29, 1.82) is 0 Å². The number of anilines is 1. The number of hydrogen-bond acceptors (Lipinski definition) is 5. The minimum absolute atomic E-state index is 0.0567. The third kappa shape index (κ3) is 5.02. The van der Waals surface area contributed by atoms with Gasteiger partial charge in [-0.2, -0.15) is 0 Å². The van der Waals surface area contributed by atoms with Crippen LogP contribution in [0.1, 0.15) is 10.4 Å². The molecule has 0 aromatic heterocycles. The van der Waals surface area contributed by atoms with Crippen LogP contribution in [-0.2, 0) is 19.6 Å². The zero-order valence-corrected chi connectivity index (χ0v) is 14.7. The van der Waals surface area contributed by atoms with Crippen LogP contribution in [0.15, 0.2) is 53.4 Å². The van der Waals surface area contributed by atoms with Crippen molar-refractivity contribution in [2.24, 2.45) is 0 Å². The van der Waals surface area contributed by atoms with Crippen molar-refractivity contribution in [3.8, 4) is 0 Å². The maximum absolute atomic E-state index is 12.2. The monoisotopic (exact) mass is 382 g/mol. The van der Waals surface area contributed by atoms with Gasteiger partial charge in [-0.1, -0.05) is 29.8 Å². The number of nitrogens with one attached hydrogen (secondary N) is 2. The molecule has 0 aliphatic rings. The number of rotatable bonds is 6. The van der Waals surface area contributed by atoms with Gasteiger partial charge in [-0.25, -0.2) is 17.9 Å². The third-order valence-corrected chi connectivity index (χ3v) is 5.02. The highest BCUT2D eigenvalue weighted by Crippen LogP contribution is 2.20. The first-order valence-corrected chi connectivity index (χ1v) is 8.92. The van der Waals surface area contributed by atoms with E-state index < -0.39 is 28.4 Å². The van der Waals surface area contributed by atoms with Gasteiger partial charge >= 0.3 is 5.97 Å². The molecule has 2 aromatic carbocycles. The molecular formula is C16H15ClN2O5S. The first-order chi connectivity index (χ1) is 11.8. The van der Waals surface area contributed by atoms with Gasteiger partial charge in [0.05, 0.1) is 24.2 Å². The van der Waals surface area contributed by atoms with Gasteiger partial charge in [-0.3, -0.25) is 4.79 Å². The molecular weight excluding hydrogens is 368 g/mol. The molecule has 25 heavy (non-hydrogen) atoms. The van der Waals surface area contributed by atoms with Gasteiger partial charge in [0.15, 0.2) is 0 Å². The van der Waals surface area contributed by atoms with Gasteiger partial charge in [0.2, 0.25) is 15.9 Å². The van der Waals surface area contributed by atoms with Crippen molar-refractivity contribution in [2.75, 3.05) is 19.0 Å². The average molecular weight is 383 g/mol. The van der Waals surface area contributed by atoms with Gasteiger partial charge in [0.1, 0.15) is 4.90 Å². The summed E-state index contributed by atoms with van der Waals surface area (Å²) < 4.78 is 31.1. The number of halogens is 1. The van der Waals surface area contributed by atoms with Crippen LogP contribution in [0.2, 0.25) is 5.02 Å². The van der Waals surface area contributed by atoms with Gasteiger partial charge in [0.25, 0.3) is 0 Å². The maximum Gasteiger partial charge on any atom is 0.337 e. The highest BCUT2D eigenvalue weighted by atomic mass is 35.5. The van der Waals surface area contributed by atoms with E-state index in [0.29, 0.717) is 5.69 Å². The number of ether oxygens (including phenoxy) is 1. The topological polar surface area (TPSA) is 102 Å². The Labute approximate surface area is 150 Å². The largest absolute Gasteiger partial charge is 0.465 e. The van der Waals surface area contributed by atoms with Crippen LogP contribution in [0.4, 0.5) is 5.69 Å². The SMILES string of the molecule is COC(=O)c1cccc(NC(=O)CNS(=O)(=O)c2ccccc2Cl)c1. The van der Waals surface area contributed by atoms with E-state index in [4.69, 9.17) is 11.6 Å². The Morgan fingerprint density at radius 3 is 2.52 bits per heavy atom. The summed E-state index contributed by atoms with van der Waals surface area (Å²) in [7, 11) is -2.67. The molecule has 132 valence electrons. The number of hydrogen-bond donors (Lipinski definition) is 2. The van der Waals surface area contributed by atoms with Crippen molar-refractivity contribution in [2.45, 2.75) is 4.90 Å². The zero-order chi connectivity index (χ0) is 18.4. The Kier molecular flexibility index (Phi) is 6.13. The van der Waals surface area contributed by atoms with Crippen molar-refractivity contribution in [3.05, 3.63) is 59.1 Å². The molecule has 0 saturated heterocycles. The van der Waals surface area contributed by atoms with Crippen molar-refractivity contribution >= 4 is 39.2 Å². The summed E-state index contributed by atoms with van der Waals surface area (Å²) in [6, 6.07) is 12.0. The second-order valence-corrected chi connectivity index (χ2v) is 7.02. The van der Waals surface area contributed by atoms with E-state index in [1.165, 1.54) is 37.4 Å². The lowest BCUT2D eigenvalue weighted by molar-refractivity contribution is -0.115. The molecule has 9 heteroatoms. The van der Waals surface area contributed by atoms with E-state index in [0.717, 1.165) is 0 Å². The summed E-state index contributed by atoms with van der Waals surface area (Å²) in [6.07, 6.45) is 0. The van der Waals surface area contributed by atoms with Crippen molar-refractivity contribution in [3.63, 3.8) is 0 Å². The molecule has 2 rings (SSSR count). The number of carbonyl (C=O) groups excluding carboxylic acids is 2. The van der Waals surface area contributed by atoms with Crippen LogP contribution in [0.25, 0.3) is 0 Å². The molecule has 0 fully saturated rings. The van der Waals surface area contributed by atoms with Crippen LogP contribution < -0.4 is 10.0 Å². The molecule has 2 N–H and O–H groups in total. The normalized spacial score (nSPS) is 11.0. The highest BCUT2D eigenvalue weighted by molar-refractivity contribution is 7.89. The predicted octanol–water partition coefficient (Wildman–Crippen LogP) is 2.04. The minimum Gasteiger partial charge on any atom is -0.465 e. The molecule has 1 amide bonds. The molecule has 0 aliphatic carbocycles. The van der Waals surface area contributed by atoms with Crippen molar-refractivity contribution in [1.82, 2.24) is 4.72 Å². The van der Waals surface area contributed by atoms with Crippen LogP contribution in [0.3, 0.4) is 0 Å². The Balaban J connectivity index is 2.02. The zero-order valence-electron chi connectivity index (χ0n) is 13.2. The lowest BCUT2D eigenvalue weighted by atomic mass is 10.2. The highest BCUT2D eigenvalue weighted by Gasteiger charge is 2.18. The fourth-order valence-electron chi connectivity index (χ4n) is 1.95. The standard InChI is InChI=1S/C16H15ClN2O5S/c1-24-16(21)11-5-4-6-12(9-11)19-15(20)10-18-25(22,23)14-8-3-2-7-13(14)17/h2-9,18H,10H2,1H3,(H,19,20). The lowest BCUT2D eigenvalue weighted by Crippen LogP contribution is -2.33. The fraction of sp³-hybridized carbons (Fsp3) is 0.125. The second-order valence-electron chi connectivity index (χ2n) is 4.88. The number of methoxy groups -OCH3 is 1. The predicted molar refractivity (Wildman–Crippen MR) is 93.1 cm³/mol. The first kappa shape index (κ1) is 18.9. The van der Waals surface area contributed by atoms with E-state index in [-0.39, 0.29) is 15.5 Å². The molecule has 0 radical (unpaired) electrons. The molecule has 0 saturated carbocycles. The average Bonchev–Trinajstić information content (AvgIpc) is 2.60. The number of sulfonamides is 1. The molecule has 0 atom stereocenters.